The first-order valence-corrected chi connectivity index (χ1v) is 6.28. The Labute approximate surface area is 113 Å². The lowest BCUT2D eigenvalue weighted by Crippen LogP contribution is -2.40. The molecule has 1 aromatic rings. The fraction of sp³-hybridized carbons (Fsp3) is 0.462. The fourth-order valence-electron chi connectivity index (χ4n) is 1.31. The predicted octanol–water partition coefficient (Wildman–Crippen LogP) is 0.653. The summed E-state index contributed by atoms with van der Waals surface area (Å²) >= 11 is 0. The number of aromatic nitrogens is 1. The molecule has 0 fully saturated rings. The van der Waals surface area contributed by atoms with Crippen molar-refractivity contribution >= 4 is 11.9 Å². The van der Waals surface area contributed by atoms with Gasteiger partial charge in [-0.15, -0.1) is 0 Å². The van der Waals surface area contributed by atoms with Crippen LogP contribution in [-0.2, 0) is 11.3 Å². The van der Waals surface area contributed by atoms with Crippen LogP contribution in [-0.4, -0.2) is 30.0 Å². The fourth-order valence-corrected chi connectivity index (χ4v) is 1.31. The van der Waals surface area contributed by atoms with Gasteiger partial charge in [-0.2, -0.15) is 0 Å². The summed E-state index contributed by atoms with van der Waals surface area (Å²) in [5, 5.41) is 8.09. The largest absolute Gasteiger partial charge is 0.354 e. The van der Waals surface area contributed by atoms with Crippen LogP contribution in [0, 0.1) is 5.92 Å². The van der Waals surface area contributed by atoms with Crippen molar-refractivity contribution < 1.29 is 9.59 Å². The molecule has 0 aromatic carbocycles. The zero-order chi connectivity index (χ0) is 14.1. The first-order valence-electron chi connectivity index (χ1n) is 6.28. The van der Waals surface area contributed by atoms with Gasteiger partial charge in [0.05, 0.1) is 0 Å². The Morgan fingerprint density at radius 1 is 1.21 bits per heavy atom. The van der Waals surface area contributed by atoms with E-state index < -0.39 is 0 Å². The Morgan fingerprint density at radius 2 is 1.95 bits per heavy atom. The van der Waals surface area contributed by atoms with Crippen LogP contribution >= 0.6 is 0 Å². The molecule has 0 aliphatic heterocycles. The highest BCUT2D eigenvalue weighted by Crippen LogP contribution is 1.93. The Balaban J connectivity index is 2.10. The standard InChI is InChI=1S/C13H20N4O2/c1-10(2)12(18)15-6-7-16-13(19)17-9-11-4-3-5-14-8-11/h3-5,8,10H,6-7,9H2,1-2H3,(H,15,18)(H2,16,17,19). The highest BCUT2D eigenvalue weighted by Gasteiger charge is 2.05. The quantitative estimate of drug-likeness (QED) is 0.660. The molecule has 0 unspecified atom stereocenters. The lowest BCUT2D eigenvalue weighted by Gasteiger charge is -2.09. The van der Waals surface area contributed by atoms with Crippen LogP contribution in [0.25, 0.3) is 0 Å². The van der Waals surface area contributed by atoms with Crippen LogP contribution in [0.3, 0.4) is 0 Å². The van der Waals surface area contributed by atoms with Crippen molar-refractivity contribution in [2.45, 2.75) is 20.4 Å². The molecule has 0 bridgehead atoms. The molecule has 0 saturated carbocycles. The van der Waals surface area contributed by atoms with E-state index in [1.54, 1.807) is 12.4 Å². The molecule has 0 radical (unpaired) electrons. The molecule has 19 heavy (non-hydrogen) atoms. The molecule has 1 heterocycles. The average Bonchev–Trinajstić information content (AvgIpc) is 2.42. The second kappa shape index (κ2) is 8.07. The first-order chi connectivity index (χ1) is 9.09. The highest BCUT2D eigenvalue weighted by atomic mass is 16.2. The number of urea groups is 1. The molecular weight excluding hydrogens is 244 g/mol. The molecule has 0 aliphatic carbocycles. The number of amides is 3. The Bertz CT molecular complexity index is 406. The van der Waals surface area contributed by atoms with Crippen molar-refractivity contribution in [3.63, 3.8) is 0 Å². The van der Waals surface area contributed by atoms with Crippen molar-refractivity contribution in [1.82, 2.24) is 20.9 Å². The molecule has 0 aliphatic rings. The van der Waals surface area contributed by atoms with E-state index in [1.807, 2.05) is 26.0 Å². The number of pyridine rings is 1. The van der Waals surface area contributed by atoms with Crippen LogP contribution in [0.2, 0.25) is 0 Å². The molecule has 3 amide bonds. The molecule has 104 valence electrons. The van der Waals surface area contributed by atoms with Gasteiger partial charge in [-0.25, -0.2) is 4.79 Å². The summed E-state index contributed by atoms with van der Waals surface area (Å²) in [5.41, 5.74) is 0.936. The van der Waals surface area contributed by atoms with E-state index in [0.29, 0.717) is 19.6 Å². The van der Waals surface area contributed by atoms with Crippen LogP contribution in [0.15, 0.2) is 24.5 Å². The third-order valence-electron chi connectivity index (χ3n) is 2.41. The average molecular weight is 264 g/mol. The summed E-state index contributed by atoms with van der Waals surface area (Å²) in [5.74, 6) is -0.0584. The minimum absolute atomic E-state index is 0.0161. The van der Waals surface area contributed by atoms with E-state index in [2.05, 4.69) is 20.9 Å². The molecule has 1 aromatic heterocycles. The van der Waals surface area contributed by atoms with Gasteiger partial charge in [-0.3, -0.25) is 9.78 Å². The lowest BCUT2D eigenvalue weighted by molar-refractivity contribution is -0.123. The number of nitrogens with zero attached hydrogens (tertiary/aromatic N) is 1. The molecule has 3 N–H and O–H groups in total. The van der Waals surface area contributed by atoms with Crippen molar-refractivity contribution in [3.8, 4) is 0 Å². The number of hydrogen-bond acceptors (Lipinski definition) is 3. The van der Waals surface area contributed by atoms with E-state index in [-0.39, 0.29) is 17.9 Å². The van der Waals surface area contributed by atoms with E-state index >= 15 is 0 Å². The molecule has 1 rings (SSSR count). The SMILES string of the molecule is CC(C)C(=O)NCCNC(=O)NCc1cccnc1. The number of rotatable bonds is 6. The summed E-state index contributed by atoms with van der Waals surface area (Å²) < 4.78 is 0. The van der Waals surface area contributed by atoms with Gasteiger partial charge < -0.3 is 16.0 Å². The smallest absolute Gasteiger partial charge is 0.315 e. The molecular formula is C13H20N4O2. The molecule has 6 nitrogen and oxygen atoms in total. The number of hydrogen-bond donors (Lipinski definition) is 3. The second-order valence-electron chi connectivity index (χ2n) is 4.42. The second-order valence-corrected chi connectivity index (χ2v) is 4.42. The predicted molar refractivity (Wildman–Crippen MR) is 72.3 cm³/mol. The van der Waals surface area contributed by atoms with Gasteiger partial charge in [-0.05, 0) is 11.6 Å². The molecule has 6 heteroatoms. The summed E-state index contributed by atoms with van der Waals surface area (Å²) in [6, 6.07) is 3.44. The van der Waals surface area contributed by atoms with Gasteiger partial charge in [0.1, 0.15) is 0 Å². The van der Waals surface area contributed by atoms with Crippen molar-refractivity contribution in [2.75, 3.05) is 13.1 Å². The molecule has 0 saturated heterocycles. The number of nitrogens with one attached hydrogen (secondary N) is 3. The third kappa shape index (κ3) is 6.40. The van der Waals surface area contributed by atoms with E-state index in [1.165, 1.54) is 0 Å². The normalized spacial score (nSPS) is 10.1. The minimum atomic E-state index is -0.261. The Kier molecular flexibility index (Phi) is 6.35. The zero-order valence-corrected chi connectivity index (χ0v) is 11.3. The molecule has 0 atom stereocenters. The van der Waals surface area contributed by atoms with Crippen LogP contribution in [0.4, 0.5) is 4.79 Å². The van der Waals surface area contributed by atoms with E-state index in [9.17, 15) is 9.59 Å². The van der Waals surface area contributed by atoms with Gasteiger partial charge in [-0.1, -0.05) is 19.9 Å². The first kappa shape index (κ1) is 14.9. The maximum atomic E-state index is 11.4. The van der Waals surface area contributed by atoms with Gasteiger partial charge in [0.2, 0.25) is 5.91 Å². The van der Waals surface area contributed by atoms with Crippen molar-refractivity contribution in [3.05, 3.63) is 30.1 Å². The maximum absolute atomic E-state index is 11.4. The lowest BCUT2D eigenvalue weighted by atomic mass is 10.2. The maximum Gasteiger partial charge on any atom is 0.315 e. The van der Waals surface area contributed by atoms with Crippen LogP contribution in [0.5, 0.6) is 0 Å². The number of carbonyl (C=O) groups is 2. The number of carbonyl (C=O) groups excluding carboxylic acids is 2. The monoisotopic (exact) mass is 264 g/mol. The zero-order valence-electron chi connectivity index (χ0n) is 11.3. The van der Waals surface area contributed by atoms with Gasteiger partial charge >= 0.3 is 6.03 Å². The van der Waals surface area contributed by atoms with Gasteiger partial charge in [0.15, 0.2) is 0 Å². The summed E-state index contributed by atoms with van der Waals surface area (Å²) in [6.07, 6.45) is 3.38. The summed E-state index contributed by atoms with van der Waals surface area (Å²) in [4.78, 5) is 26.6. The Hall–Kier alpha value is -2.11. The topological polar surface area (TPSA) is 83.1 Å². The van der Waals surface area contributed by atoms with Gasteiger partial charge in [0, 0.05) is 37.9 Å². The molecule has 0 spiro atoms. The van der Waals surface area contributed by atoms with E-state index in [0.717, 1.165) is 5.56 Å². The highest BCUT2D eigenvalue weighted by molar-refractivity contribution is 5.78. The van der Waals surface area contributed by atoms with E-state index in [4.69, 9.17) is 0 Å². The van der Waals surface area contributed by atoms with Gasteiger partial charge in [0.25, 0.3) is 0 Å². The van der Waals surface area contributed by atoms with Crippen molar-refractivity contribution in [1.29, 1.82) is 0 Å². The Morgan fingerprint density at radius 3 is 2.58 bits per heavy atom. The minimum Gasteiger partial charge on any atom is -0.354 e. The summed E-state index contributed by atoms with van der Waals surface area (Å²) in [6.45, 7) is 4.90. The van der Waals surface area contributed by atoms with Crippen molar-refractivity contribution in [2.24, 2.45) is 5.92 Å². The van der Waals surface area contributed by atoms with Crippen LogP contribution in [0.1, 0.15) is 19.4 Å². The third-order valence-corrected chi connectivity index (χ3v) is 2.41. The summed E-state index contributed by atoms with van der Waals surface area (Å²) in [7, 11) is 0. The van der Waals surface area contributed by atoms with Crippen LogP contribution < -0.4 is 16.0 Å².